The zero-order valence-corrected chi connectivity index (χ0v) is 11.1. The van der Waals surface area contributed by atoms with Gasteiger partial charge in [-0.25, -0.2) is 4.79 Å². The van der Waals surface area contributed by atoms with Crippen molar-refractivity contribution in [3.63, 3.8) is 0 Å². The number of ether oxygens (including phenoxy) is 2. The minimum absolute atomic E-state index is 0.193. The molecule has 0 aromatic heterocycles. The maximum absolute atomic E-state index is 11.1. The average molecular weight is 258 g/mol. The molecule has 0 spiro atoms. The fourth-order valence-corrected chi connectivity index (χ4v) is 1.42. The Balaban J connectivity index is 2.50. The molecule has 0 saturated heterocycles. The summed E-state index contributed by atoms with van der Waals surface area (Å²) in [4.78, 5) is 11.1. The van der Waals surface area contributed by atoms with Crippen molar-refractivity contribution in [3.05, 3.63) is 54.6 Å². The monoisotopic (exact) mass is 258 g/mol. The molecule has 19 heavy (non-hydrogen) atoms. The molecule has 3 heteroatoms. The van der Waals surface area contributed by atoms with Gasteiger partial charge in [0, 0.05) is 5.57 Å². The number of carbonyl (C=O) groups is 1. The molecule has 1 aromatic rings. The number of esters is 1. The summed E-state index contributed by atoms with van der Waals surface area (Å²) in [6.45, 7) is 13.1. The molecule has 0 radical (unpaired) electrons. The maximum atomic E-state index is 11.1. The molecule has 0 bridgehead atoms. The van der Waals surface area contributed by atoms with E-state index in [0.29, 0.717) is 17.9 Å². The standard InChI is InChI=1S/C16H18O3/c1-5-13-7-8-15(11-14(13)6-2)18-9-10-19-16(17)12(3)4/h5-8,11H,1-3,9-10H2,4H3. The van der Waals surface area contributed by atoms with Crippen molar-refractivity contribution < 1.29 is 14.3 Å². The largest absolute Gasteiger partial charge is 0.490 e. The van der Waals surface area contributed by atoms with Crippen LogP contribution >= 0.6 is 0 Å². The van der Waals surface area contributed by atoms with Crippen LogP contribution in [-0.4, -0.2) is 19.2 Å². The smallest absolute Gasteiger partial charge is 0.333 e. The molecule has 0 aliphatic carbocycles. The lowest BCUT2D eigenvalue weighted by atomic mass is 10.1. The van der Waals surface area contributed by atoms with E-state index in [1.807, 2.05) is 18.2 Å². The molecule has 0 N–H and O–H groups in total. The minimum atomic E-state index is -0.405. The highest BCUT2D eigenvalue weighted by atomic mass is 16.6. The van der Waals surface area contributed by atoms with Gasteiger partial charge in [-0.1, -0.05) is 38.0 Å². The van der Waals surface area contributed by atoms with Crippen LogP contribution in [0.15, 0.2) is 43.5 Å². The van der Waals surface area contributed by atoms with Gasteiger partial charge in [-0.3, -0.25) is 0 Å². The predicted molar refractivity (Wildman–Crippen MR) is 77.9 cm³/mol. The Labute approximate surface area is 113 Å². The van der Waals surface area contributed by atoms with Crippen LogP contribution in [0.1, 0.15) is 18.1 Å². The third-order valence-electron chi connectivity index (χ3n) is 2.43. The second-order valence-corrected chi connectivity index (χ2v) is 3.96. The number of carbonyl (C=O) groups excluding carboxylic acids is 1. The molecule has 0 aliphatic heterocycles. The molecule has 1 aromatic carbocycles. The Bertz CT molecular complexity index is 501. The first-order valence-electron chi connectivity index (χ1n) is 5.93. The summed E-state index contributed by atoms with van der Waals surface area (Å²) in [5.41, 5.74) is 2.33. The Morgan fingerprint density at radius 3 is 2.47 bits per heavy atom. The molecule has 0 heterocycles. The van der Waals surface area contributed by atoms with Gasteiger partial charge in [-0.15, -0.1) is 0 Å². The van der Waals surface area contributed by atoms with Gasteiger partial charge in [0.25, 0.3) is 0 Å². The molecule has 0 amide bonds. The average Bonchev–Trinajstić information content (AvgIpc) is 2.42. The summed E-state index contributed by atoms with van der Waals surface area (Å²) in [6.07, 6.45) is 3.50. The zero-order valence-electron chi connectivity index (χ0n) is 11.1. The first-order chi connectivity index (χ1) is 9.08. The van der Waals surface area contributed by atoms with E-state index in [2.05, 4.69) is 19.7 Å². The van der Waals surface area contributed by atoms with Crippen molar-refractivity contribution in [1.29, 1.82) is 0 Å². The molecule has 0 saturated carbocycles. The topological polar surface area (TPSA) is 35.5 Å². The first kappa shape index (κ1) is 14.8. The zero-order chi connectivity index (χ0) is 14.3. The maximum Gasteiger partial charge on any atom is 0.333 e. The Morgan fingerprint density at radius 1 is 1.21 bits per heavy atom. The van der Waals surface area contributed by atoms with E-state index in [-0.39, 0.29) is 6.61 Å². The van der Waals surface area contributed by atoms with E-state index in [9.17, 15) is 4.79 Å². The van der Waals surface area contributed by atoms with Crippen LogP contribution in [0.4, 0.5) is 0 Å². The molecule has 100 valence electrons. The molecule has 0 atom stereocenters. The lowest BCUT2D eigenvalue weighted by Gasteiger charge is -2.09. The van der Waals surface area contributed by atoms with Crippen molar-refractivity contribution in [2.45, 2.75) is 6.92 Å². The van der Waals surface area contributed by atoms with Gasteiger partial charge in [-0.2, -0.15) is 0 Å². The van der Waals surface area contributed by atoms with E-state index in [1.54, 1.807) is 19.1 Å². The Morgan fingerprint density at radius 2 is 1.89 bits per heavy atom. The van der Waals surface area contributed by atoms with Crippen LogP contribution in [0.5, 0.6) is 5.75 Å². The molecular weight excluding hydrogens is 240 g/mol. The number of benzene rings is 1. The molecule has 1 rings (SSSR count). The highest BCUT2D eigenvalue weighted by Crippen LogP contribution is 2.19. The Hall–Kier alpha value is -2.29. The van der Waals surface area contributed by atoms with E-state index in [0.717, 1.165) is 11.1 Å². The van der Waals surface area contributed by atoms with Gasteiger partial charge < -0.3 is 9.47 Å². The van der Waals surface area contributed by atoms with Crippen LogP contribution in [0, 0.1) is 0 Å². The summed E-state index contributed by atoms with van der Waals surface area (Å²) in [5, 5.41) is 0. The van der Waals surface area contributed by atoms with Crippen LogP contribution in [-0.2, 0) is 9.53 Å². The molecular formula is C16H18O3. The molecule has 3 nitrogen and oxygen atoms in total. The summed E-state index contributed by atoms with van der Waals surface area (Å²) in [6, 6.07) is 5.61. The third-order valence-corrected chi connectivity index (χ3v) is 2.43. The number of hydrogen-bond donors (Lipinski definition) is 0. The highest BCUT2D eigenvalue weighted by molar-refractivity contribution is 5.86. The van der Waals surface area contributed by atoms with Crippen LogP contribution in [0.3, 0.4) is 0 Å². The summed E-state index contributed by atoms with van der Waals surface area (Å²) < 4.78 is 10.4. The van der Waals surface area contributed by atoms with Crippen LogP contribution < -0.4 is 4.74 Å². The van der Waals surface area contributed by atoms with E-state index in [1.165, 1.54) is 0 Å². The van der Waals surface area contributed by atoms with Gasteiger partial charge in [0.2, 0.25) is 0 Å². The quantitative estimate of drug-likeness (QED) is 0.427. The fourth-order valence-electron chi connectivity index (χ4n) is 1.42. The van der Waals surface area contributed by atoms with E-state index < -0.39 is 5.97 Å². The van der Waals surface area contributed by atoms with Crippen molar-refractivity contribution in [1.82, 2.24) is 0 Å². The first-order valence-corrected chi connectivity index (χ1v) is 5.93. The van der Waals surface area contributed by atoms with Crippen molar-refractivity contribution in [3.8, 4) is 5.75 Å². The molecule has 0 fully saturated rings. The van der Waals surface area contributed by atoms with Gasteiger partial charge in [0.05, 0.1) is 0 Å². The minimum Gasteiger partial charge on any atom is -0.490 e. The normalized spacial score (nSPS) is 9.53. The van der Waals surface area contributed by atoms with Crippen LogP contribution in [0.25, 0.3) is 12.2 Å². The van der Waals surface area contributed by atoms with Crippen molar-refractivity contribution in [2.24, 2.45) is 0 Å². The fraction of sp³-hybridized carbons (Fsp3) is 0.188. The summed E-state index contributed by atoms with van der Waals surface area (Å²) in [5.74, 6) is 0.296. The molecule has 0 unspecified atom stereocenters. The van der Waals surface area contributed by atoms with E-state index in [4.69, 9.17) is 9.47 Å². The second-order valence-electron chi connectivity index (χ2n) is 3.96. The van der Waals surface area contributed by atoms with Gasteiger partial charge >= 0.3 is 5.97 Å². The molecule has 0 aliphatic rings. The Kier molecular flexibility index (Phi) is 5.61. The summed E-state index contributed by atoms with van der Waals surface area (Å²) in [7, 11) is 0. The SMILES string of the molecule is C=Cc1ccc(OCCOC(=O)C(=C)C)cc1C=C. The van der Waals surface area contributed by atoms with E-state index >= 15 is 0 Å². The van der Waals surface area contributed by atoms with Crippen LogP contribution in [0.2, 0.25) is 0 Å². The number of hydrogen-bond acceptors (Lipinski definition) is 3. The second kappa shape index (κ2) is 7.21. The van der Waals surface area contributed by atoms with Gasteiger partial charge in [0.15, 0.2) is 0 Å². The van der Waals surface area contributed by atoms with Gasteiger partial charge in [-0.05, 0) is 30.2 Å². The third kappa shape index (κ3) is 4.47. The number of rotatable bonds is 7. The van der Waals surface area contributed by atoms with Gasteiger partial charge in [0.1, 0.15) is 19.0 Å². The lowest BCUT2D eigenvalue weighted by Crippen LogP contribution is -2.12. The van der Waals surface area contributed by atoms with Crippen molar-refractivity contribution in [2.75, 3.05) is 13.2 Å². The highest BCUT2D eigenvalue weighted by Gasteiger charge is 2.03. The summed E-state index contributed by atoms with van der Waals surface area (Å²) >= 11 is 0. The lowest BCUT2D eigenvalue weighted by molar-refractivity contribution is -0.139. The van der Waals surface area contributed by atoms with Crippen molar-refractivity contribution >= 4 is 18.1 Å². The predicted octanol–water partition coefficient (Wildman–Crippen LogP) is 3.47.